The molecule has 0 saturated heterocycles. The number of amides is 1. The molecule has 1 aliphatic rings. The number of alkyl halides is 3. The normalized spacial score (nSPS) is 15.2. The van der Waals surface area contributed by atoms with Crippen LogP contribution in [0, 0.1) is 0 Å². The molecule has 0 bridgehead atoms. The predicted octanol–water partition coefficient (Wildman–Crippen LogP) is 2.34. The molecule has 7 heteroatoms. The van der Waals surface area contributed by atoms with E-state index in [0.29, 0.717) is 0 Å². The molecule has 0 unspecified atom stereocenters. The number of carbonyl (C=O) groups is 1. The maximum absolute atomic E-state index is 12.9. The lowest BCUT2D eigenvalue weighted by atomic mass is 10.1. The van der Waals surface area contributed by atoms with E-state index >= 15 is 0 Å². The quantitative estimate of drug-likeness (QED) is 0.849. The van der Waals surface area contributed by atoms with E-state index in [1.165, 1.54) is 20.2 Å². The van der Waals surface area contributed by atoms with Gasteiger partial charge in [-0.3, -0.25) is 9.78 Å². The number of hydrogen-bond donors (Lipinski definition) is 0. The van der Waals surface area contributed by atoms with Crippen molar-refractivity contribution in [3.05, 3.63) is 23.5 Å². The highest BCUT2D eigenvalue weighted by Gasteiger charge is 2.40. The van der Waals surface area contributed by atoms with Crippen molar-refractivity contribution in [2.45, 2.75) is 25.1 Å². The van der Waals surface area contributed by atoms with Crippen LogP contribution < -0.4 is 4.74 Å². The molecule has 0 atom stereocenters. The van der Waals surface area contributed by atoms with E-state index < -0.39 is 23.3 Å². The number of halogens is 3. The summed E-state index contributed by atoms with van der Waals surface area (Å²) in [6, 6.07) is 1.30. The number of rotatable bonds is 3. The number of hydrogen-bond acceptors (Lipinski definition) is 3. The minimum atomic E-state index is -4.69. The van der Waals surface area contributed by atoms with E-state index in [9.17, 15) is 18.0 Å². The Morgan fingerprint density at radius 2 is 2.05 bits per heavy atom. The highest BCUT2D eigenvalue weighted by atomic mass is 19.4. The van der Waals surface area contributed by atoms with Gasteiger partial charge >= 0.3 is 6.18 Å². The summed E-state index contributed by atoms with van der Waals surface area (Å²) < 4.78 is 44.1. The molecule has 1 aromatic heterocycles. The van der Waals surface area contributed by atoms with Crippen LogP contribution in [0.2, 0.25) is 0 Å². The molecule has 0 aliphatic heterocycles. The van der Waals surface area contributed by atoms with E-state index in [1.807, 2.05) is 0 Å². The van der Waals surface area contributed by atoms with Gasteiger partial charge in [-0.05, 0) is 18.9 Å². The van der Waals surface area contributed by atoms with Crippen LogP contribution >= 0.6 is 0 Å². The molecule has 1 aromatic rings. The van der Waals surface area contributed by atoms with Gasteiger partial charge in [-0.25, -0.2) is 0 Å². The standard InChI is InChI=1S/C12H13F3N2O2/c1-17(2)11(18)9-8(19-7-3-4-7)5-6-16-10(9)12(13,14)15/h5-7H,3-4H2,1-2H3. The Morgan fingerprint density at radius 1 is 1.42 bits per heavy atom. The van der Waals surface area contributed by atoms with Crippen LogP contribution in [-0.2, 0) is 6.18 Å². The summed E-state index contributed by atoms with van der Waals surface area (Å²) in [5.41, 5.74) is -1.73. The Morgan fingerprint density at radius 3 is 2.53 bits per heavy atom. The molecule has 1 aliphatic carbocycles. The smallest absolute Gasteiger partial charge is 0.434 e. The zero-order valence-corrected chi connectivity index (χ0v) is 10.5. The van der Waals surface area contributed by atoms with Gasteiger partial charge in [0.2, 0.25) is 0 Å². The van der Waals surface area contributed by atoms with Crippen molar-refractivity contribution in [1.82, 2.24) is 9.88 Å². The van der Waals surface area contributed by atoms with Crippen LogP contribution in [0.5, 0.6) is 5.75 Å². The molecule has 0 aromatic carbocycles. The number of nitrogens with zero attached hydrogens (tertiary/aromatic N) is 2. The Balaban J connectivity index is 2.50. The minimum absolute atomic E-state index is 0.0523. The second-order valence-electron chi connectivity index (χ2n) is 4.55. The van der Waals surface area contributed by atoms with Crippen molar-refractivity contribution in [2.24, 2.45) is 0 Å². The van der Waals surface area contributed by atoms with Gasteiger partial charge in [0.05, 0.1) is 6.10 Å². The molecule has 1 saturated carbocycles. The van der Waals surface area contributed by atoms with Crippen molar-refractivity contribution >= 4 is 5.91 Å². The molecule has 1 heterocycles. The fourth-order valence-electron chi connectivity index (χ4n) is 1.55. The Hall–Kier alpha value is -1.79. The molecule has 0 N–H and O–H groups in total. The first-order valence-corrected chi connectivity index (χ1v) is 5.75. The van der Waals surface area contributed by atoms with Crippen LogP contribution in [0.15, 0.2) is 12.3 Å². The lowest BCUT2D eigenvalue weighted by Crippen LogP contribution is -2.27. The van der Waals surface area contributed by atoms with Crippen molar-refractivity contribution in [2.75, 3.05) is 14.1 Å². The van der Waals surface area contributed by atoms with E-state index in [2.05, 4.69) is 4.98 Å². The third kappa shape index (κ3) is 2.97. The first kappa shape index (κ1) is 13.6. The van der Waals surface area contributed by atoms with Gasteiger partial charge in [0, 0.05) is 20.3 Å². The van der Waals surface area contributed by atoms with E-state index in [-0.39, 0.29) is 11.9 Å². The topological polar surface area (TPSA) is 42.4 Å². The maximum atomic E-state index is 12.9. The zero-order chi connectivity index (χ0) is 14.2. The SMILES string of the molecule is CN(C)C(=O)c1c(OC2CC2)ccnc1C(F)(F)F. The molecular weight excluding hydrogens is 261 g/mol. The summed E-state index contributed by atoms with van der Waals surface area (Å²) in [7, 11) is 2.77. The summed E-state index contributed by atoms with van der Waals surface area (Å²) in [5.74, 6) is -0.820. The van der Waals surface area contributed by atoms with Gasteiger partial charge in [0.15, 0.2) is 5.69 Å². The molecule has 1 amide bonds. The van der Waals surface area contributed by atoms with Gasteiger partial charge in [0.1, 0.15) is 11.3 Å². The third-order valence-corrected chi connectivity index (χ3v) is 2.62. The third-order valence-electron chi connectivity index (χ3n) is 2.62. The van der Waals surface area contributed by atoms with E-state index in [1.54, 1.807) is 0 Å². The molecule has 104 valence electrons. The van der Waals surface area contributed by atoms with E-state index in [4.69, 9.17) is 4.74 Å². The van der Waals surface area contributed by atoms with Crippen molar-refractivity contribution < 1.29 is 22.7 Å². The molecule has 0 radical (unpaired) electrons. The first-order valence-electron chi connectivity index (χ1n) is 5.75. The second-order valence-corrected chi connectivity index (χ2v) is 4.55. The summed E-state index contributed by atoms with van der Waals surface area (Å²) >= 11 is 0. The van der Waals surface area contributed by atoms with Crippen LogP contribution in [0.3, 0.4) is 0 Å². The minimum Gasteiger partial charge on any atom is -0.489 e. The zero-order valence-electron chi connectivity index (χ0n) is 10.5. The highest BCUT2D eigenvalue weighted by molar-refractivity contribution is 5.97. The fraction of sp³-hybridized carbons (Fsp3) is 0.500. The van der Waals surface area contributed by atoms with E-state index in [0.717, 1.165) is 23.9 Å². The van der Waals surface area contributed by atoms with Gasteiger partial charge < -0.3 is 9.64 Å². The second kappa shape index (κ2) is 4.71. The number of pyridine rings is 1. The number of aromatic nitrogens is 1. The molecule has 4 nitrogen and oxygen atoms in total. The number of ether oxygens (including phenoxy) is 1. The lowest BCUT2D eigenvalue weighted by molar-refractivity contribution is -0.141. The Bertz CT molecular complexity index is 496. The van der Waals surface area contributed by atoms with Crippen LogP contribution in [-0.4, -0.2) is 36.0 Å². The summed E-state index contributed by atoms with van der Waals surface area (Å²) in [4.78, 5) is 16.3. The van der Waals surface area contributed by atoms with Crippen LogP contribution in [0.4, 0.5) is 13.2 Å². The average molecular weight is 274 g/mol. The molecule has 19 heavy (non-hydrogen) atoms. The summed E-state index contributed by atoms with van der Waals surface area (Å²) in [6.07, 6.45) is -2.20. The van der Waals surface area contributed by atoms with Gasteiger partial charge in [-0.2, -0.15) is 13.2 Å². The molecule has 0 spiro atoms. The first-order chi connectivity index (χ1) is 8.80. The average Bonchev–Trinajstić information content (AvgIpc) is 3.10. The van der Waals surface area contributed by atoms with Crippen molar-refractivity contribution in [3.8, 4) is 5.75 Å². The molecule has 2 rings (SSSR count). The van der Waals surface area contributed by atoms with Crippen LogP contribution in [0.25, 0.3) is 0 Å². The predicted molar refractivity (Wildman–Crippen MR) is 60.9 cm³/mol. The molecule has 1 fully saturated rings. The fourth-order valence-corrected chi connectivity index (χ4v) is 1.55. The van der Waals surface area contributed by atoms with Crippen LogP contribution in [0.1, 0.15) is 28.9 Å². The van der Waals surface area contributed by atoms with Gasteiger partial charge in [0.25, 0.3) is 5.91 Å². The Labute approximate surface area is 108 Å². The number of carbonyl (C=O) groups excluding carboxylic acids is 1. The largest absolute Gasteiger partial charge is 0.489 e. The van der Waals surface area contributed by atoms with Gasteiger partial charge in [-0.1, -0.05) is 0 Å². The monoisotopic (exact) mass is 274 g/mol. The maximum Gasteiger partial charge on any atom is 0.434 e. The van der Waals surface area contributed by atoms with Gasteiger partial charge in [-0.15, -0.1) is 0 Å². The highest BCUT2D eigenvalue weighted by Crippen LogP contribution is 2.37. The van der Waals surface area contributed by atoms with Crippen molar-refractivity contribution in [1.29, 1.82) is 0 Å². The van der Waals surface area contributed by atoms with Crippen molar-refractivity contribution in [3.63, 3.8) is 0 Å². The summed E-state index contributed by atoms with van der Waals surface area (Å²) in [5, 5.41) is 0. The molecular formula is C12H13F3N2O2. The Kier molecular flexibility index (Phi) is 3.38. The lowest BCUT2D eigenvalue weighted by Gasteiger charge is -2.18. The summed E-state index contributed by atoms with van der Waals surface area (Å²) in [6.45, 7) is 0.